The van der Waals surface area contributed by atoms with Gasteiger partial charge in [0.1, 0.15) is 0 Å². The maximum atomic E-state index is 11.5. The van der Waals surface area contributed by atoms with Crippen LogP contribution in [0.3, 0.4) is 0 Å². The minimum atomic E-state index is 0.152. The Labute approximate surface area is 93.8 Å². The lowest BCUT2D eigenvalue weighted by Crippen LogP contribution is -2.31. The van der Waals surface area contributed by atoms with Crippen LogP contribution in [0.15, 0.2) is 0 Å². The highest BCUT2D eigenvalue weighted by molar-refractivity contribution is 5.76. The third kappa shape index (κ3) is 6.50. The predicted molar refractivity (Wildman–Crippen MR) is 64.5 cm³/mol. The summed E-state index contributed by atoms with van der Waals surface area (Å²) in [6, 6.07) is 0. The molecule has 0 aromatic carbocycles. The number of hydrogen-bond acceptors (Lipinski definition) is 2. The molecule has 0 rings (SSSR count). The fraction of sp³-hybridized carbons (Fsp3) is 0.917. The molecule has 0 spiro atoms. The van der Waals surface area contributed by atoms with Gasteiger partial charge in [0, 0.05) is 13.0 Å². The Morgan fingerprint density at radius 3 is 2.07 bits per heavy atom. The van der Waals surface area contributed by atoms with Gasteiger partial charge in [0.05, 0.1) is 0 Å². The first-order valence-electron chi connectivity index (χ1n) is 6.14. The van der Waals surface area contributed by atoms with Crippen molar-refractivity contribution in [1.29, 1.82) is 0 Å². The minimum Gasteiger partial charge on any atom is -0.356 e. The van der Waals surface area contributed by atoms with Crippen LogP contribution in [0, 0.1) is 11.8 Å². The first kappa shape index (κ1) is 14.4. The number of hydrogen-bond donors (Lipinski definition) is 2. The molecule has 0 radical (unpaired) electrons. The average molecular weight is 214 g/mol. The molecule has 0 saturated heterocycles. The van der Waals surface area contributed by atoms with Crippen molar-refractivity contribution in [2.24, 2.45) is 17.6 Å². The van der Waals surface area contributed by atoms with E-state index in [9.17, 15) is 4.79 Å². The molecule has 3 N–H and O–H groups in total. The van der Waals surface area contributed by atoms with Gasteiger partial charge in [-0.25, -0.2) is 0 Å². The Hall–Kier alpha value is -0.570. The summed E-state index contributed by atoms with van der Waals surface area (Å²) < 4.78 is 0. The normalized spacial score (nSPS) is 12.9. The van der Waals surface area contributed by atoms with Crippen LogP contribution in [-0.2, 0) is 4.79 Å². The SMILES string of the molecule is CCC(CC)CNC(=O)CC(CC)CN. The van der Waals surface area contributed by atoms with E-state index in [4.69, 9.17) is 5.73 Å². The van der Waals surface area contributed by atoms with Crippen LogP contribution in [0.2, 0.25) is 0 Å². The molecule has 0 bridgehead atoms. The first-order chi connectivity index (χ1) is 7.17. The lowest BCUT2D eigenvalue weighted by Gasteiger charge is -2.15. The van der Waals surface area contributed by atoms with E-state index in [1.807, 2.05) is 0 Å². The average Bonchev–Trinajstić information content (AvgIpc) is 2.27. The van der Waals surface area contributed by atoms with Crippen molar-refractivity contribution in [1.82, 2.24) is 5.32 Å². The minimum absolute atomic E-state index is 0.152. The molecule has 1 unspecified atom stereocenters. The van der Waals surface area contributed by atoms with Gasteiger partial charge in [-0.15, -0.1) is 0 Å². The van der Waals surface area contributed by atoms with Gasteiger partial charge >= 0.3 is 0 Å². The molecule has 0 heterocycles. The zero-order chi connectivity index (χ0) is 11.7. The molecule has 3 heteroatoms. The largest absolute Gasteiger partial charge is 0.356 e. The maximum absolute atomic E-state index is 11.5. The lowest BCUT2D eigenvalue weighted by molar-refractivity contribution is -0.122. The molecular weight excluding hydrogens is 188 g/mol. The van der Waals surface area contributed by atoms with E-state index >= 15 is 0 Å². The van der Waals surface area contributed by atoms with Crippen molar-refractivity contribution in [3.05, 3.63) is 0 Å². The Balaban J connectivity index is 3.73. The van der Waals surface area contributed by atoms with Gasteiger partial charge in [-0.3, -0.25) is 4.79 Å². The third-order valence-electron chi connectivity index (χ3n) is 3.13. The second-order valence-electron chi connectivity index (χ2n) is 4.20. The highest BCUT2D eigenvalue weighted by Crippen LogP contribution is 2.07. The van der Waals surface area contributed by atoms with Crippen LogP contribution in [-0.4, -0.2) is 19.0 Å². The molecule has 3 nitrogen and oxygen atoms in total. The second-order valence-corrected chi connectivity index (χ2v) is 4.20. The Morgan fingerprint density at radius 1 is 1.13 bits per heavy atom. The number of rotatable bonds is 8. The van der Waals surface area contributed by atoms with Gasteiger partial charge in [0.2, 0.25) is 5.91 Å². The summed E-state index contributed by atoms with van der Waals surface area (Å²) in [6.45, 7) is 7.82. The Bertz CT molecular complexity index is 163. The van der Waals surface area contributed by atoms with Crippen molar-refractivity contribution in [3.8, 4) is 0 Å². The number of carbonyl (C=O) groups excluding carboxylic acids is 1. The summed E-state index contributed by atoms with van der Waals surface area (Å²) in [4.78, 5) is 11.5. The van der Waals surface area contributed by atoms with Crippen molar-refractivity contribution in [2.45, 2.75) is 46.5 Å². The fourth-order valence-corrected chi connectivity index (χ4v) is 1.56. The summed E-state index contributed by atoms with van der Waals surface area (Å²) in [5, 5.41) is 2.99. The summed E-state index contributed by atoms with van der Waals surface area (Å²) >= 11 is 0. The lowest BCUT2D eigenvalue weighted by atomic mass is 10.0. The molecule has 0 aromatic rings. The number of nitrogens with two attached hydrogens (primary N) is 1. The zero-order valence-electron chi connectivity index (χ0n) is 10.4. The van der Waals surface area contributed by atoms with Gasteiger partial charge in [0.25, 0.3) is 0 Å². The van der Waals surface area contributed by atoms with E-state index < -0.39 is 0 Å². The molecule has 1 amide bonds. The summed E-state index contributed by atoms with van der Waals surface area (Å²) in [5.41, 5.74) is 5.56. The standard InChI is InChI=1S/C12H26N2O/c1-4-10(5-2)9-14-12(15)7-11(6-3)8-13/h10-11H,4-9,13H2,1-3H3,(H,14,15). The predicted octanol–water partition coefficient (Wildman–Crippen LogP) is 1.91. The molecule has 0 saturated carbocycles. The molecule has 15 heavy (non-hydrogen) atoms. The van der Waals surface area contributed by atoms with E-state index in [0.29, 0.717) is 24.8 Å². The Kier molecular flexibility index (Phi) is 8.38. The van der Waals surface area contributed by atoms with Crippen molar-refractivity contribution < 1.29 is 4.79 Å². The molecule has 90 valence electrons. The number of carbonyl (C=O) groups is 1. The van der Waals surface area contributed by atoms with E-state index in [-0.39, 0.29) is 5.91 Å². The molecule has 1 atom stereocenters. The molecule has 0 aliphatic rings. The van der Waals surface area contributed by atoms with Crippen LogP contribution < -0.4 is 11.1 Å². The van der Waals surface area contributed by atoms with Gasteiger partial charge in [-0.05, 0) is 18.4 Å². The quantitative estimate of drug-likeness (QED) is 0.648. The van der Waals surface area contributed by atoms with Crippen molar-refractivity contribution in [2.75, 3.05) is 13.1 Å². The highest BCUT2D eigenvalue weighted by atomic mass is 16.1. The molecular formula is C12H26N2O. The summed E-state index contributed by atoms with van der Waals surface area (Å²) in [5.74, 6) is 1.11. The van der Waals surface area contributed by atoms with Crippen LogP contribution >= 0.6 is 0 Å². The molecule has 0 aliphatic heterocycles. The van der Waals surface area contributed by atoms with Gasteiger partial charge in [-0.1, -0.05) is 40.0 Å². The number of nitrogens with one attached hydrogen (secondary N) is 1. The number of amides is 1. The van der Waals surface area contributed by atoms with Gasteiger partial charge in [-0.2, -0.15) is 0 Å². The molecule has 0 fully saturated rings. The van der Waals surface area contributed by atoms with E-state index in [1.165, 1.54) is 0 Å². The van der Waals surface area contributed by atoms with Crippen LogP contribution in [0.5, 0.6) is 0 Å². The fourth-order valence-electron chi connectivity index (χ4n) is 1.56. The monoisotopic (exact) mass is 214 g/mol. The van der Waals surface area contributed by atoms with Gasteiger partial charge < -0.3 is 11.1 Å². The van der Waals surface area contributed by atoms with Crippen molar-refractivity contribution in [3.63, 3.8) is 0 Å². The molecule has 0 aliphatic carbocycles. The summed E-state index contributed by atoms with van der Waals surface area (Å²) in [7, 11) is 0. The van der Waals surface area contributed by atoms with Crippen LogP contribution in [0.4, 0.5) is 0 Å². The molecule has 0 aromatic heterocycles. The Morgan fingerprint density at radius 2 is 1.67 bits per heavy atom. The summed E-state index contributed by atoms with van der Waals surface area (Å²) in [6.07, 6.45) is 3.82. The van der Waals surface area contributed by atoms with Crippen LogP contribution in [0.1, 0.15) is 46.5 Å². The van der Waals surface area contributed by atoms with Crippen molar-refractivity contribution >= 4 is 5.91 Å². The first-order valence-corrected chi connectivity index (χ1v) is 6.14. The maximum Gasteiger partial charge on any atom is 0.220 e. The third-order valence-corrected chi connectivity index (χ3v) is 3.13. The van der Waals surface area contributed by atoms with E-state index in [1.54, 1.807) is 0 Å². The van der Waals surface area contributed by atoms with Crippen LogP contribution in [0.25, 0.3) is 0 Å². The zero-order valence-corrected chi connectivity index (χ0v) is 10.4. The van der Waals surface area contributed by atoms with Gasteiger partial charge in [0.15, 0.2) is 0 Å². The van der Waals surface area contributed by atoms with E-state index in [0.717, 1.165) is 25.8 Å². The second kappa shape index (κ2) is 8.72. The topological polar surface area (TPSA) is 55.1 Å². The smallest absolute Gasteiger partial charge is 0.220 e. The highest BCUT2D eigenvalue weighted by Gasteiger charge is 2.11. The van der Waals surface area contributed by atoms with E-state index in [2.05, 4.69) is 26.1 Å².